The number of carbonyl (C=O) groups is 2. The minimum Gasteiger partial charge on any atom is -0.480 e. The number of anilines is 1. The van der Waals surface area contributed by atoms with E-state index in [2.05, 4.69) is 20.5 Å². The number of hydrogen-bond donors (Lipinski definition) is 4. The Morgan fingerprint density at radius 1 is 1.67 bits per heavy atom. The van der Waals surface area contributed by atoms with Gasteiger partial charge in [-0.05, 0) is 6.42 Å². The molecule has 0 saturated heterocycles. The van der Waals surface area contributed by atoms with E-state index in [0.29, 0.717) is 0 Å². The Morgan fingerprint density at radius 3 is 2.73 bits per heavy atom. The molecule has 1 heterocycles. The van der Waals surface area contributed by atoms with E-state index in [9.17, 15) is 9.59 Å². The minimum atomic E-state index is -1.10. The molecule has 0 aliphatic heterocycles. The SMILES string of the molecule is CCC(NC(=O)c1nc(N)n[nH]1)C(=O)O. The lowest BCUT2D eigenvalue weighted by Gasteiger charge is -2.10. The van der Waals surface area contributed by atoms with Gasteiger partial charge in [-0.25, -0.2) is 4.79 Å². The Labute approximate surface area is 84.9 Å². The van der Waals surface area contributed by atoms with Gasteiger partial charge in [0, 0.05) is 0 Å². The number of nitrogen functional groups attached to an aromatic ring is 1. The molecule has 0 bridgehead atoms. The van der Waals surface area contributed by atoms with Crippen molar-refractivity contribution in [2.45, 2.75) is 19.4 Å². The number of nitrogens with zero attached hydrogens (tertiary/aromatic N) is 2. The molecule has 0 spiro atoms. The monoisotopic (exact) mass is 213 g/mol. The van der Waals surface area contributed by atoms with Gasteiger partial charge in [0.1, 0.15) is 6.04 Å². The van der Waals surface area contributed by atoms with Crippen LogP contribution in [-0.4, -0.2) is 38.2 Å². The fraction of sp³-hybridized carbons (Fsp3) is 0.429. The Balaban J connectivity index is 2.66. The highest BCUT2D eigenvalue weighted by molar-refractivity contribution is 5.93. The molecule has 1 aromatic heterocycles. The molecule has 0 fully saturated rings. The van der Waals surface area contributed by atoms with Crippen LogP contribution in [0.4, 0.5) is 5.95 Å². The van der Waals surface area contributed by atoms with Crippen LogP contribution < -0.4 is 11.1 Å². The Morgan fingerprint density at radius 2 is 2.33 bits per heavy atom. The van der Waals surface area contributed by atoms with Crippen LogP contribution in [0.3, 0.4) is 0 Å². The fourth-order valence-electron chi connectivity index (χ4n) is 0.941. The number of rotatable bonds is 4. The average Bonchev–Trinajstić information content (AvgIpc) is 2.60. The summed E-state index contributed by atoms with van der Waals surface area (Å²) in [6.45, 7) is 1.65. The Kier molecular flexibility index (Phi) is 3.21. The number of aromatic nitrogens is 3. The molecule has 1 aromatic rings. The van der Waals surface area contributed by atoms with E-state index >= 15 is 0 Å². The smallest absolute Gasteiger partial charge is 0.326 e. The topological polar surface area (TPSA) is 134 Å². The summed E-state index contributed by atoms with van der Waals surface area (Å²) in [5, 5.41) is 16.7. The summed E-state index contributed by atoms with van der Waals surface area (Å²) in [6, 6.07) is -0.941. The normalized spacial score (nSPS) is 12.1. The van der Waals surface area contributed by atoms with Crippen molar-refractivity contribution < 1.29 is 14.7 Å². The highest BCUT2D eigenvalue weighted by Crippen LogP contribution is 1.96. The standard InChI is InChI=1S/C7H11N5O3/c1-2-3(6(14)15)9-5(13)4-10-7(8)12-11-4/h3H,2H2,1H3,(H,9,13)(H,14,15)(H3,8,10,11,12). The Bertz CT molecular complexity index is 374. The van der Waals surface area contributed by atoms with Crippen molar-refractivity contribution in [3.63, 3.8) is 0 Å². The summed E-state index contributed by atoms with van der Waals surface area (Å²) in [5.74, 6) is -1.91. The van der Waals surface area contributed by atoms with Crippen molar-refractivity contribution in [1.29, 1.82) is 0 Å². The lowest BCUT2D eigenvalue weighted by molar-refractivity contribution is -0.139. The maximum atomic E-state index is 11.4. The van der Waals surface area contributed by atoms with Crippen LogP contribution in [-0.2, 0) is 4.79 Å². The minimum absolute atomic E-state index is 0.0662. The van der Waals surface area contributed by atoms with Crippen LogP contribution in [0, 0.1) is 0 Å². The average molecular weight is 213 g/mol. The first-order valence-electron chi connectivity index (χ1n) is 4.26. The van der Waals surface area contributed by atoms with E-state index in [4.69, 9.17) is 10.8 Å². The summed E-state index contributed by atoms with van der Waals surface area (Å²) in [7, 11) is 0. The van der Waals surface area contributed by atoms with Gasteiger partial charge in [0.05, 0.1) is 0 Å². The molecule has 0 aromatic carbocycles. The van der Waals surface area contributed by atoms with Gasteiger partial charge in [0.2, 0.25) is 11.8 Å². The molecule has 0 aliphatic rings. The van der Waals surface area contributed by atoms with E-state index < -0.39 is 17.9 Å². The molecular formula is C7H11N5O3. The zero-order valence-electron chi connectivity index (χ0n) is 8.02. The number of carboxylic acids is 1. The van der Waals surface area contributed by atoms with Crippen LogP contribution in [0.1, 0.15) is 24.0 Å². The number of H-pyrrole nitrogens is 1. The van der Waals surface area contributed by atoms with E-state index in [1.165, 1.54) is 0 Å². The molecule has 5 N–H and O–H groups in total. The van der Waals surface area contributed by atoms with Crippen molar-refractivity contribution >= 4 is 17.8 Å². The maximum absolute atomic E-state index is 11.4. The highest BCUT2D eigenvalue weighted by atomic mass is 16.4. The van der Waals surface area contributed by atoms with Gasteiger partial charge in [-0.2, -0.15) is 4.98 Å². The molecule has 1 amide bonds. The fourth-order valence-corrected chi connectivity index (χ4v) is 0.941. The second-order valence-electron chi connectivity index (χ2n) is 2.81. The number of nitrogens with one attached hydrogen (secondary N) is 2. The summed E-state index contributed by atoms with van der Waals surface area (Å²) < 4.78 is 0. The van der Waals surface area contributed by atoms with Crippen molar-refractivity contribution in [3.8, 4) is 0 Å². The first-order chi connectivity index (χ1) is 7.04. The molecule has 1 unspecified atom stereocenters. The molecule has 1 rings (SSSR count). The predicted molar refractivity (Wildman–Crippen MR) is 50.0 cm³/mol. The molecule has 0 saturated carbocycles. The zero-order valence-corrected chi connectivity index (χ0v) is 8.02. The van der Waals surface area contributed by atoms with Crippen molar-refractivity contribution in [2.75, 3.05) is 5.73 Å². The number of carbonyl (C=O) groups excluding carboxylic acids is 1. The number of hydrogen-bond acceptors (Lipinski definition) is 5. The van der Waals surface area contributed by atoms with Crippen molar-refractivity contribution in [2.24, 2.45) is 0 Å². The van der Waals surface area contributed by atoms with Gasteiger partial charge in [-0.3, -0.25) is 9.89 Å². The lowest BCUT2D eigenvalue weighted by Crippen LogP contribution is -2.40. The second-order valence-corrected chi connectivity index (χ2v) is 2.81. The lowest BCUT2D eigenvalue weighted by atomic mass is 10.2. The Hall–Kier alpha value is -2.12. The van der Waals surface area contributed by atoms with Crippen LogP contribution in [0.15, 0.2) is 0 Å². The first-order valence-corrected chi connectivity index (χ1v) is 4.26. The molecular weight excluding hydrogens is 202 g/mol. The third-order valence-corrected chi connectivity index (χ3v) is 1.73. The summed E-state index contributed by atoms with van der Waals surface area (Å²) >= 11 is 0. The van der Waals surface area contributed by atoms with Gasteiger partial charge in [0.15, 0.2) is 0 Å². The van der Waals surface area contributed by atoms with Gasteiger partial charge in [-0.1, -0.05) is 6.92 Å². The number of amides is 1. The third kappa shape index (κ3) is 2.66. The molecule has 0 radical (unpaired) electrons. The van der Waals surface area contributed by atoms with E-state index in [1.54, 1.807) is 6.92 Å². The molecule has 8 heteroatoms. The molecule has 8 nitrogen and oxygen atoms in total. The van der Waals surface area contributed by atoms with Gasteiger partial charge >= 0.3 is 5.97 Å². The third-order valence-electron chi connectivity index (χ3n) is 1.73. The van der Waals surface area contributed by atoms with E-state index in [-0.39, 0.29) is 18.2 Å². The number of carboxylic acid groups (broad SMARTS) is 1. The van der Waals surface area contributed by atoms with Gasteiger partial charge in [0.25, 0.3) is 5.91 Å². The van der Waals surface area contributed by atoms with Crippen LogP contribution in [0.25, 0.3) is 0 Å². The van der Waals surface area contributed by atoms with Crippen LogP contribution in [0.5, 0.6) is 0 Å². The molecule has 82 valence electrons. The zero-order chi connectivity index (χ0) is 11.4. The highest BCUT2D eigenvalue weighted by Gasteiger charge is 2.20. The summed E-state index contributed by atoms with van der Waals surface area (Å²) in [4.78, 5) is 25.5. The first kappa shape index (κ1) is 11.0. The van der Waals surface area contributed by atoms with Crippen molar-refractivity contribution in [1.82, 2.24) is 20.5 Å². The van der Waals surface area contributed by atoms with Gasteiger partial charge < -0.3 is 16.2 Å². The largest absolute Gasteiger partial charge is 0.480 e. The summed E-state index contributed by atoms with van der Waals surface area (Å²) in [5.41, 5.74) is 5.19. The van der Waals surface area contributed by atoms with Crippen LogP contribution >= 0.6 is 0 Å². The molecule has 1 atom stereocenters. The molecule has 15 heavy (non-hydrogen) atoms. The summed E-state index contributed by atoms with van der Waals surface area (Å²) in [6.07, 6.45) is 0.282. The van der Waals surface area contributed by atoms with E-state index in [0.717, 1.165) is 0 Å². The van der Waals surface area contributed by atoms with Crippen LogP contribution in [0.2, 0.25) is 0 Å². The number of nitrogens with two attached hydrogens (primary N) is 1. The van der Waals surface area contributed by atoms with E-state index in [1.807, 2.05) is 0 Å². The van der Waals surface area contributed by atoms with Crippen molar-refractivity contribution in [3.05, 3.63) is 5.82 Å². The number of aromatic amines is 1. The second kappa shape index (κ2) is 4.40. The van der Waals surface area contributed by atoms with Gasteiger partial charge in [-0.15, -0.1) is 5.10 Å². The molecule has 0 aliphatic carbocycles. The number of aliphatic carboxylic acids is 1. The maximum Gasteiger partial charge on any atom is 0.326 e. The quantitative estimate of drug-likeness (QED) is 0.505. The predicted octanol–water partition coefficient (Wildman–Crippen LogP) is -1.02.